The minimum Gasteiger partial charge on any atom is -0.457 e. The minimum absolute atomic E-state index is 0.560. The molecule has 0 radical (unpaired) electrons. The first-order valence-electron chi connectivity index (χ1n) is 8.67. The number of benzene rings is 2. The number of para-hydroxylation sites is 1. The molecule has 2 bridgehead atoms. The molecule has 2 aromatic carbocycles. The topological polar surface area (TPSA) is 33.3 Å². The van der Waals surface area contributed by atoms with E-state index in [4.69, 9.17) is 17.0 Å². The average molecular weight is 338 g/mol. The van der Waals surface area contributed by atoms with Crippen molar-refractivity contribution < 1.29 is 4.74 Å². The maximum Gasteiger partial charge on any atom is 0.171 e. The van der Waals surface area contributed by atoms with Gasteiger partial charge < -0.3 is 15.4 Å². The van der Waals surface area contributed by atoms with E-state index in [1.165, 1.54) is 25.7 Å². The minimum atomic E-state index is 0.560. The normalized spacial score (nSPS) is 24.6. The number of nitrogens with one attached hydrogen (secondary N) is 2. The molecular formula is C20H22N2OS. The molecule has 4 heteroatoms. The SMILES string of the molecule is S=C(Nc1ccc(Oc2ccccc2)cc1)N[C@H]1C[C@@H]2CC[C@@H]1C2. The average Bonchev–Trinajstić information content (AvgIpc) is 3.20. The molecule has 0 saturated heterocycles. The van der Waals surface area contributed by atoms with Crippen molar-refractivity contribution in [3.63, 3.8) is 0 Å². The van der Waals surface area contributed by atoms with Gasteiger partial charge in [-0.25, -0.2) is 0 Å². The summed E-state index contributed by atoms with van der Waals surface area (Å²) < 4.78 is 5.80. The molecule has 2 aromatic rings. The van der Waals surface area contributed by atoms with Gasteiger partial charge in [0.1, 0.15) is 11.5 Å². The van der Waals surface area contributed by atoms with Crippen molar-refractivity contribution >= 4 is 23.0 Å². The van der Waals surface area contributed by atoms with Crippen LogP contribution in [0.25, 0.3) is 0 Å². The van der Waals surface area contributed by atoms with Crippen LogP contribution in [-0.4, -0.2) is 11.2 Å². The van der Waals surface area contributed by atoms with E-state index in [0.29, 0.717) is 6.04 Å². The predicted molar refractivity (Wildman–Crippen MR) is 102 cm³/mol. The van der Waals surface area contributed by atoms with Crippen molar-refractivity contribution in [3.8, 4) is 11.5 Å². The second-order valence-corrected chi connectivity index (χ2v) is 7.23. The van der Waals surface area contributed by atoms with Gasteiger partial charge in [-0.15, -0.1) is 0 Å². The van der Waals surface area contributed by atoms with Gasteiger partial charge in [0, 0.05) is 11.7 Å². The number of rotatable bonds is 4. The van der Waals surface area contributed by atoms with Gasteiger partial charge in [0.2, 0.25) is 0 Å². The van der Waals surface area contributed by atoms with Crippen LogP contribution >= 0.6 is 12.2 Å². The Bertz CT molecular complexity index is 701. The summed E-state index contributed by atoms with van der Waals surface area (Å²) in [4.78, 5) is 0. The summed E-state index contributed by atoms with van der Waals surface area (Å²) in [6.45, 7) is 0. The van der Waals surface area contributed by atoms with Crippen LogP contribution in [0, 0.1) is 11.8 Å². The van der Waals surface area contributed by atoms with Crippen LogP contribution in [0.4, 0.5) is 5.69 Å². The van der Waals surface area contributed by atoms with E-state index in [0.717, 1.165) is 34.1 Å². The zero-order valence-electron chi connectivity index (χ0n) is 13.6. The van der Waals surface area contributed by atoms with Crippen LogP contribution in [0.5, 0.6) is 11.5 Å². The summed E-state index contributed by atoms with van der Waals surface area (Å²) >= 11 is 5.47. The van der Waals surface area contributed by atoms with Crippen molar-refractivity contribution in [2.45, 2.75) is 31.7 Å². The molecule has 0 unspecified atom stereocenters. The van der Waals surface area contributed by atoms with E-state index in [9.17, 15) is 0 Å². The van der Waals surface area contributed by atoms with Crippen LogP contribution in [0.3, 0.4) is 0 Å². The molecule has 124 valence electrons. The first-order valence-corrected chi connectivity index (χ1v) is 9.07. The zero-order valence-corrected chi connectivity index (χ0v) is 14.4. The van der Waals surface area contributed by atoms with Crippen molar-refractivity contribution in [3.05, 3.63) is 54.6 Å². The van der Waals surface area contributed by atoms with Gasteiger partial charge >= 0.3 is 0 Å². The Morgan fingerprint density at radius 3 is 2.33 bits per heavy atom. The lowest BCUT2D eigenvalue weighted by atomic mass is 9.96. The predicted octanol–water partition coefficient (Wildman–Crippen LogP) is 4.95. The molecule has 3 atom stereocenters. The van der Waals surface area contributed by atoms with Gasteiger partial charge in [0.05, 0.1) is 0 Å². The lowest BCUT2D eigenvalue weighted by Gasteiger charge is -2.24. The number of hydrogen-bond donors (Lipinski definition) is 2. The molecule has 3 nitrogen and oxygen atoms in total. The third-order valence-corrected chi connectivity index (χ3v) is 5.37. The monoisotopic (exact) mass is 338 g/mol. The summed E-state index contributed by atoms with van der Waals surface area (Å²) in [6.07, 6.45) is 5.42. The number of anilines is 1. The lowest BCUT2D eigenvalue weighted by Crippen LogP contribution is -2.40. The fraction of sp³-hybridized carbons (Fsp3) is 0.350. The molecule has 0 heterocycles. The van der Waals surface area contributed by atoms with E-state index >= 15 is 0 Å². The highest BCUT2D eigenvalue weighted by molar-refractivity contribution is 7.80. The summed E-state index contributed by atoms with van der Waals surface area (Å²) in [5.74, 6) is 3.39. The third-order valence-electron chi connectivity index (χ3n) is 5.15. The van der Waals surface area contributed by atoms with E-state index < -0.39 is 0 Å². The maximum absolute atomic E-state index is 5.80. The second-order valence-electron chi connectivity index (χ2n) is 6.82. The molecule has 2 fully saturated rings. The molecule has 2 aliphatic carbocycles. The molecule has 2 saturated carbocycles. The number of fused-ring (bicyclic) bond motifs is 2. The number of hydrogen-bond acceptors (Lipinski definition) is 2. The molecule has 2 aliphatic rings. The van der Waals surface area contributed by atoms with Crippen molar-refractivity contribution in [1.29, 1.82) is 0 Å². The molecule has 0 spiro atoms. The lowest BCUT2D eigenvalue weighted by molar-refractivity contribution is 0.392. The highest BCUT2D eigenvalue weighted by Crippen LogP contribution is 2.44. The molecular weight excluding hydrogens is 316 g/mol. The summed E-state index contributed by atoms with van der Waals surface area (Å²) in [5, 5.41) is 7.51. The van der Waals surface area contributed by atoms with Crippen molar-refractivity contribution in [1.82, 2.24) is 5.32 Å². The molecule has 2 N–H and O–H groups in total. The molecule has 0 amide bonds. The largest absolute Gasteiger partial charge is 0.457 e. The van der Waals surface area contributed by atoms with E-state index in [1.807, 2.05) is 54.6 Å². The summed E-state index contributed by atoms with van der Waals surface area (Å²) in [5.41, 5.74) is 0.982. The first kappa shape index (κ1) is 15.5. The zero-order chi connectivity index (χ0) is 16.4. The van der Waals surface area contributed by atoms with Gasteiger partial charge in [0.15, 0.2) is 5.11 Å². The smallest absolute Gasteiger partial charge is 0.171 e. The highest BCUT2D eigenvalue weighted by Gasteiger charge is 2.39. The molecule has 24 heavy (non-hydrogen) atoms. The van der Waals surface area contributed by atoms with Crippen LogP contribution in [0.1, 0.15) is 25.7 Å². The third kappa shape index (κ3) is 3.54. The Labute approximate surface area is 148 Å². The Balaban J connectivity index is 1.31. The second kappa shape index (κ2) is 6.81. The first-order chi connectivity index (χ1) is 11.8. The van der Waals surface area contributed by atoms with Gasteiger partial charge in [-0.1, -0.05) is 24.6 Å². The summed E-state index contributed by atoms with van der Waals surface area (Å²) in [7, 11) is 0. The molecule has 0 aromatic heterocycles. The van der Waals surface area contributed by atoms with E-state index in [-0.39, 0.29) is 0 Å². The Kier molecular flexibility index (Phi) is 4.39. The maximum atomic E-state index is 5.80. The fourth-order valence-electron chi connectivity index (χ4n) is 3.99. The summed E-state index contributed by atoms with van der Waals surface area (Å²) in [6, 6.07) is 18.2. The Morgan fingerprint density at radius 2 is 1.67 bits per heavy atom. The molecule has 4 rings (SSSR count). The number of ether oxygens (including phenoxy) is 1. The molecule has 0 aliphatic heterocycles. The number of thiocarbonyl (C=S) groups is 1. The van der Waals surface area contributed by atoms with E-state index in [1.54, 1.807) is 0 Å². The Morgan fingerprint density at radius 1 is 0.917 bits per heavy atom. The van der Waals surface area contributed by atoms with Crippen molar-refractivity contribution in [2.24, 2.45) is 11.8 Å². The quantitative estimate of drug-likeness (QED) is 0.773. The van der Waals surface area contributed by atoms with Crippen LogP contribution < -0.4 is 15.4 Å². The standard InChI is InChI=1S/C20H22N2OS/c24-20(22-19-13-14-6-7-15(19)12-14)21-16-8-10-18(11-9-16)23-17-4-2-1-3-5-17/h1-5,8-11,14-15,19H,6-7,12-13H2,(H2,21,22,24)/t14-,15-,19+/m1/s1. The van der Waals surface area contributed by atoms with E-state index in [2.05, 4.69) is 10.6 Å². The van der Waals surface area contributed by atoms with Crippen LogP contribution in [0.15, 0.2) is 54.6 Å². The highest BCUT2D eigenvalue weighted by atomic mass is 32.1. The van der Waals surface area contributed by atoms with Crippen LogP contribution in [-0.2, 0) is 0 Å². The van der Waals surface area contributed by atoms with Gasteiger partial charge in [-0.2, -0.15) is 0 Å². The fourth-order valence-corrected chi connectivity index (χ4v) is 4.26. The van der Waals surface area contributed by atoms with Gasteiger partial charge in [0.25, 0.3) is 0 Å². The van der Waals surface area contributed by atoms with Crippen molar-refractivity contribution in [2.75, 3.05) is 5.32 Å². The van der Waals surface area contributed by atoms with Gasteiger partial charge in [-0.05, 0) is 79.7 Å². The van der Waals surface area contributed by atoms with Crippen LogP contribution in [0.2, 0.25) is 0 Å². The van der Waals surface area contributed by atoms with Gasteiger partial charge in [-0.3, -0.25) is 0 Å². The Hall–Kier alpha value is -2.07.